The van der Waals surface area contributed by atoms with E-state index in [2.05, 4.69) is 16.9 Å². The number of ether oxygens (including phenoxy) is 1. The Balaban J connectivity index is 3.25. The van der Waals surface area contributed by atoms with Gasteiger partial charge in [0.15, 0.2) is 0 Å². The van der Waals surface area contributed by atoms with Crippen molar-refractivity contribution in [2.24, 2.45) is 0 Å². The number of unbranched alkanes of at least 4 members (excludes halogenated alkanes) is 1. The maximum atomic E-state index is 10.4. The molecule has 0 spiro atoms. The van der Waals surface area contributed by atoms with Crippen LogP contribution in [0.2, 0.25) is 0 Å². The fourth-order valence-corrected chi connectivity index (χ4v) is 0.678. The fourth-order valence-electron chi connectivity index (χ4n) is 0.429. The minimum absolute atomic E-state index is 0.0956. The third kappa shape index (κ3) is 7.11. The predicted octanol–water partition coefficient (Wildman–Crippen LogP) is 1.75. The molecule has 0 aliphatic rings. The van der Waals surface area contributed by atoms with Crippen molar-refractivity contribution in [3.05, 3.63) is 12.7 Å². The van der Waals surface area contributed by atoms with Gasteiger partial charge >= 0.3 is 65.7 Å². The van der Waals surface area contributed by atoms with E-state index in [-0.39, 0.29) is 7.92 Å². The molecule has 0 saturated heterocycles. The Hall–Kier alpha value is -0.780. The second-order valence-electron chi connectivity index (χ2n) is 1.72. The van der Waals surface area contributed by atoms with Crippen LogP contribution >= 0.6 is 7.92 Å². The summed E-state index contributed by atoms with van der Waals surface area (Å²) in [4.78, 5) is 10.4. The van der Waals surface area contributed by atoms with Crippen molar-refractivity contribution in [3.8, 4) is 5.63 Å². The molecule has 0 aromatic carbocycles. The van der Waals surface area contributed by atoms with Gasteiger partial charge in [-0.2, -0.15) is 0 Å². The van der Waals surface area contributed by atoms with Crippen molar-refractivity contribution in [2.45, 2.75) is 12.8 Å². The molecule has 0 radical (unpaired) electrons. The molecule has 0 saturated carbocycles. The third-order valence-corrected chi connectivity index (χ3v) is 1.26. The molecule has 0 amide bonds. The first-order chi connectivity index (χ1) is 5.31. The average Bonchev–Trinajstić information content (AvgIpc) is 2.04. The van der Waals surface area contributed by atoms with Crippen LogP contribution in [0.4, 0.5) is 0 Å². The normalized spacial score (nSPS) is 8.00. The molecule has 0 unspecified atom stereocenters. The quantitative estimate of drug-likeness (QED) is 0.281. The van der Waals surface area contributed by atoms with Crippen molar-refractivity contribution in [2.75, 3.05) is 6.61 Å². The van der Waals surface area contributed by atoms with Crippen LogP contribution in [0.5, 0.6) is 0 Å². The van der Waals surface area contributed by atoms with Gasteiger partial charge in [0.25, 0.3) is 0 Å². The van der Waals surface area contributed by atoms with Gasteiger partial charge in [-0.1, -0.05) is 0 Å². The van der Waals surface area contributed by atoms with Gasteiger partial charge in [0.1, 0.15) is 0 Å². The van der Waals surface area contributed by atoms with E-state index in [0.29, 0.717) is 19.4 Å². The molecule has 0 rings (SSSR count). The predicted molar refractivity (Wildman–Crippen MR) is 41.9 cm³/mol. The average molecular weight is 172 g/mol. The second kappa shape index (κ2) is 7.33. The summed E-state index contributed by atoms with van der Waals surface area (Å²) in [6.07, 6.45) is 2.32. The van der Waals surface area contributed by atoms with Crippen LogP contribution in [0.1, 0.15) is 12.8 Å². The van der Waals surface area contributed by atoms with E-state index in [1.54, 1.807) is 0 Å². The molecule has 3 nitrogen and oxygen atoms in total. The minimum atomic E-state index is -0.426. The molecule has 0 atom stereocenters. The Morgan fingerprint density at radius 1 is 1.73 bits per heavy atom. The molecule has 0 aliphatic carbocycles. The van der Waals surface area contributed by atoms with Crippen LogP contribution in [0.3, 0.4) is 0 Å². The van der Waals surface area contributed by atoms with Crippen molar-refractivity contribution in [1.82, 2.24) is 0 Å². The van der Waals surface area contributed by atoms with Crippen LogP contribution in [0.25, 0.3) is 0 Å². The van der Waals surface area contributed by atoms with Crippen LogP contribution in [0, 0.1) is 5.63 Å². The van der Waals surface area contributed by atoms with Crippen LogP contribution in [-0.4, -0.2) is 12.6 Å². The molecule has 0 fully saturated rings. The fraction of sp³-hybridized carbons (Fsp3) is 0.429. The van der Waals surface area contributed by atoms with Crippen molar-refractivity contribution >= 4 is 13.9 Å². The molecule has 0 aromatic heterocycles. The Labute approximate surface area is 66.6 Å². The Morgan fingerprint density at radius 3 is 3.00 bits per heavy atom. The summed E-state index contributed by atoms with van der Waals surface area (Å²) in [7, 11) is -0.0956. The Bertz CT molecular complexity index is 227. The van der Waals surface area contributed by atoms with Crippen molar-refractivity contribution in [1.29, 1.82) is 0 Å². The van der Waals surface area contributed by atoms with E-state index in [9.17, 15) is 9.36 Å². The first-order valence-electron chi connectivity index (χ1n) is 3.15. The number of carbonyl (C=O) groups is 1. The van der Waals surface area contributed by atoms with Crippen molar-refractivity contribution in [3.63, 3.8) is 0 Å². The van der Waals surface area contributed by atoms with Gasteiger partial charge in [-0.05, 0) is 0 Å². The summed E-state index contributed by atoms with van der Waals surface area (Å²) in [6, 6.07) is 0. The number of carbonyl (C=O) groups excluding carboxylic acids is 1. The van der Waals surface area contributed by atoms with Crippen molar-refractivity contribution < 1.29 is 14.1 Å². The maximum absolute atomic E-state index is 10.4. The summed E-state index contributed by atoms with van der Waals surface area (Å²) in [5.41, 5.74) is 2.54. The number of hydrogen-bond acceptors (Lipinski definition) is 3. The topological polar surface area (TPSA) is 43.4 Å². The van der Waals surface area contributed by atoms with E-state index in [0.717, 1.165) is 6.08 Å². The van der Waals surface area contributed by atoms with Gasteiger partial charge in [-0.25, -0.2) is 0 Å². The summed E-state index contributed by atoms with van der Waals surface area (Å²) >= 11 is 0. The first-order valence-corrected chi connectivity index (χ1v) is 3.97. The van der Waals surface area contributed by atoms with E-state index < -0.39 is 5.97 Å². The zero-order chi connectivity index (χ0) is 8.53. The van der Waals surface area contributed by atoms with E-state index in [1.165, 1.54) is 0 Å². The number of rotatable bonds is 4. The molecule has 11 heavy (non-hydrogen) atoms. The molecule has 0 aromatic rings. The zero-order valence-corrected chi connectivity index (χ0v) is 6.97. The third-order valence-electron chi connectivity index (χ3n) is 0.908. The van der Waals surface area contributed by atoms with Crippen LogP contribution < -0.4 is 0 Å². The standard InChI is InChI=1S/C7H9O3P/c1-2-7(8)10-5-3-4-6-11-9/h2H,1,3-5H2. The van der Waals surface area contributed by atoms with E-state index in [1.807, 2.05) is 0 Å². The molecule has 0 aliphatic heterocycles. The van der Waals surface area contributed by atoms with Gasteiger partial charge in [0, 0.05) is 0 Å². The summed E-state index contributed by atoms with van der Waals surface area (Å²) in [5, 5.41) is 0. The van der Waals surface area contributed by atoms with E-state index in [4.69, 9.17) is 0 Å². The number of esters is 1. The van der Waals surface area contributed by atoms with Gasteiger partial charge < -0.3 is 0 Å². The summed E-state index contributed by atoms with van der Waals surface area (Å²) < 4.78 is 14.5. The molecule has 4 heteroatoms. The molecule has 0 bridgehead atoms. The SMILES string of the molecule is C=CC(=O)OCCCC#P=O. The van der Waals surface area contributed by atoms with Gasteiger partial charge in [0.05, 0.1) is 0 Å². The first kappa shape index (κ1) is 10.2. The van der Waals surface area contributed by atoms with Crippen LogP contribution in [0.15, 0.2) is 12.7 Å². The molecular formula is C7H9O3P. The van der Waals surface area contributed by atoms with Gasteiger partial charge in [0.2, 0.25) is 0 Å². The second-order valence-corrected chi connectivity index (χ2v) is 2.22. The molecule has 0 N–H and O–H groups in total. The van der Waals surface area contributed by atoms with Gasteiger partial charge in [-0.15, -0.1) is 0 Å². The Morgan fingerprint density at radius 2 is 2.45 bits per heavy atom. The summed E-state index contributed by atoms with van der Waals surface area (Å²) in [6.45, 7) is 3.56. The molecular weight excluding hydrogens is 163 g/mol. The zero-order valence-electron chi connectivity index (χ0n) is 6.08. The molecule has 0 heterocycles. The van der Waals surface area contributed by atoms with Crippen LogP contribution in [-0.2, 0) is 14.1 Å². The Kier molecular flexibility index (Phi) is 6.81. The van der Waals surface area contributed by atoms with Gasteiger partial charge in [-0.3, -0.25) is 0 Å². The molecule has 60 valence electrons. The van der Waals surface area contributed by atoms with E-state index >= 15 is 0 Å². The monoisotopic (exact) mass is 172 g/mol. The number of hydrogen-bond donors (Lipinski definition) is 0. The summed E-state index contributed by atoms with van der Waals surface area (Å²) in [5.74, 6) is -0.426.